The normalized spacial score (nSPS) is 23.4. The van der Waals surface area contributed by atoms with Crippen LogP contribution < -0.4 is 5.32 Å². The standard InChI is InChI=1S/C27H33F3N4O2/c28-20-3-1-19(2-4-20)27(29,30)8-7-22(23(35)15-25(16-31)9-10-25)32-24(36)34-17-26(18-34)11-13-33(14-12-26)21-5-6-21/h1-4,21-22H,5-15,17-18H2,(H,32,36)/t22-/m0/s1. The molecule has 0 radical (unpaired) electrons. The molecule has 36 heavy (non-hydrogen) atoms. The molecule has 2 saturated heterocycles. The first-order chi connectivity index (χ1) is 17.1. The zero-order valence-corrected chi connectivity index (χ0v) is 20.4. The smallest absolute Gasteiger partial charge is 0.318 e. The van der Waals surface area contributed by atoms with Crippen LogP contribution in [-0.2, 0) is 10.7 Å². The lowest BCUT2D eigenvalue weighted by Crippen LogP contribution is -2.64. The van der Waals surface area contributed by atoms with E-state index in [9.17, 15) is 28.0 Å². The Hall–Kier alpha value is -2.60. The number of hydrogen-bond acceptors (Lipinski definition) is 4. The van der Waals surface area contributed by atoms with Gasteiger partial charge < -0.3 is 15.1 Å². The zero-order chi connectivity index (χ0) is 25.6. The number of hydrogen-bond donors (Lipinski definition) is 1. The second-order valence-corrected chi connectivity index (χ2v) is 11.4. The number of piperidine rings is 1. The Morgan fingerprint density at radius 1 is 1.11 bits per heavy atom. The molecular weight excluding hydrogens is 469 g/mol. The minimum absolute atomic E-state index is 0.0441. The van der Waals surface area contributed by atoms with Crippen LogP contribution in [0.25, 0.3) is 0 Å². The summed E-state index contributed by atoms with van der Waals surface area (Å²) in [5.74, 6) is -4.27. The van der Waals surface area contributed by atoms with E-state index in [2.05, 4.69) is 16.3 Å². The molecule has 1 atom stereocenters. The molecule has 1 spiro atoms. The number of nitriles is 1. The number of nitrogens with zero attached hydrogens (tertiary/aromatic N) is 3. The number of Topliss-reactive ketones (excluding diaryl/α,β-unsaturated/α-hetero) is 1. The van der Waals surface area contributed by atoms with Gasteiger partial charge in [-0.3, -0.25) is 4.79 Å². The lowest BCUT2D eigenvalue weighted by atomic mass is 9.72. The van der Waals surface area contributed by atoms with Crippen LogP contribution in [-0.4, -0.2) is 59.9 Å². The minimum atomic E-state index is -3.28. The van der Waals surface area contributed by atoms with Gasteiger partial charge in [0, 0.05) is 43.0 Å². The molecule has 2 aliphatic carbocycles. The van der Waals surface area contributed by atoms with Gasteiger partial charge in [0.2, 0.25) is 0 Å². The van der Waals surface area contributed by atoms with E-state index in [1.165, 1.54) is 12.8 Å². The van der Waals surface area contributed by atoms with Crippen molar-refractivity contribution in [3.05, 3.63) is 35.6 Å². The highest BCUT2D eigenvalue weighted by molar-refractivity contribution is 5.89. The number of carbonyl (C=O) groups excluding carboxylic acids is 2. The number of halogens is 3. The van der Waals surface area contributed by atoms with E-state index in [-0.39, 0.29) is 29.6 Å². The van der Waals surface area contributed by atoms with Crippen molar-refractivity contribution in [2.75, 3.05) is 26.2 Å². The van der Waals surface area contributed by atoms with Gasteiger partial charge in [0.15, 0.2) is 5.78 Å². The fraction of sp³-hybridized carbons (Fsp3) is 0.667. The van der Waals surface area contributed by atoms with Crippen LogP contribution >= 0.6 is 0 Å². The van der Waals surface area contributed by atoms with Crippen LogP contribution in [0.5, 0.6) is 0 Å². The molecule has 194 valence electrons. The summed E-state index contributed by atoms with van der Waals surface area (Å²) in [5.41, 5.74) is -0.939. The van der Waals surface area contributed by atoms with Crippen molar-refractivity contribution in [2.24, 2.45) is 10.8 Å². The first-order valence-electron chi connectivity index (χ1n) is 13.0. The van der Waals surface area contributed by atoms with Gasteiger partial charge in [0.25, 0.3) is 5.92 Å². The molecule has 1 aromatic rings. The molecule has 2 amide bonds. The summed E-state index contributed by atoms with van der Waals surface area (Å²) < 4.78 is 42.8. The topological polar surface area (TPSA) is 76.4 Å². The van der Waals surface area contributed by atoms with Crippen LogP contribution in [0.3, 0.4) is 0 Å². The van der Waals surface area contributed by atoms with Crippen molar-refractivity contribution in [2.45, 2.75) is 75.8 Å². The summed E-state index contributed by atoms with van der Waals surface area (Å²) in [7, 11) is 0. The number of alkyl halides is 2. The minimum Gasteiger partial charge on any atom is -0.328 e. The van der Waals surface area contributed by atoms with E-state index in [0.29, 0.717) is 25.9 Å². The Morgan fingerprint density at radius 2 is 1.75 bits per heavy atom. The van der Waals surface area contributed by atoms with Crippen molar-refractivity contribution >= 4 is 11.8 Å². The van der Waals surface area contributed by atoms with Gasteiger partial charge in [-0.15, -0.1) is 0 Å². The summed E-state index contributed by atoms with van der Waals surface area (Å²) in [5, 5.41) is 12.1. The van der Waals surface area contributed by atoms with E-state index < -0.39 is 35.6 Å². The van der Waals surface area contributed by atoms with Gasteiger partial charge in [0.1, 0.15) is 5.82 Å². The molecule has 1 aromatic carbocycles. The van der Waals surface area contributed by atoms with E-state index >= 15 is 0 Å². The Kier molecular flexibility index (Phi) is 6.52. The predicted molar refractivity (Wildman–Crippen MR) is 127 cm³/mol. The van der Waals surface area contributed by atoms with Crippen molar-refractivity contribution in [3.63, 3.8) is 0 Å². The monoisotopic (exact) mass is 502 g/mol. The number of ketones is 1. The third-order valence-corrected chi connectivity index (χ3v) is 8.56. The van der Waals surface area contributed by atoms with Gasteiger partial charge in [0.05, 0.1) is 17.5 Å². The molecule has 9 heteroatoms. The van der Waals surface area contributed by atoms with E-state index in [1.807, 2.05) is 0 Å². The summed E-state index contributed by atoms with van der Waals surface area (Å²) in [6.45, 7) is 3.34. The van der Waals surface area contributed by atoms with E-state index in [4.69, 9.17) is 0 Å². The van der Waals surface area contributed by atoms with Crippen molar-refractivity contribution in [1.29, 1.82) is 5.26 Å². The summed E-state index contributed by atoms with van der Waals surface area (Å²) in [4.78, 5) is 30.2. The summed E-state index contributed by atoms with van der Waals surface area (Å²) in [6.07, 6.45) is 4.89. The molecule has 4 aliphatic rings. The quantitative estimate of drug-likeness (QED) is 0.536. The van der Waals surface area contributed by atoms with E-state index in [0.717, 1.165) is 56.2 Å². The number of carbonyl (C=O) groups is 2. The Balaban J connectivity index is 1.19. The fourth-order valence-corrected chi connectivity index (χ4v) is 5.68. The fourth-order valence-electron chi connectivity index (χ4n) is 5.68. The van der Waals surface area contributed by atoms with Crippen molar-refractivity contribution in [3.8, 4) is 6.07 Å². The van der Waals surface area contributed by atoms with Gasteiger partial charge in [-0.25, -0.2) is 18.0 Å². The van der Waals surface area contributed by atoms with Crippen LogP contribution in [0.1, 0.15) is 63.4 Å². The highest BCUT2D eigenvalue weighted by Crippen LogP contribution is 2.48. The van der Waals surface area contributed by atoms with Gasteiger partial charge in [-0.05, 0) is 70.2 Å². The second-order valence-electron chi connectivity index (χ2n) is 11.4. The summed E-state index contributed by atoms with van der Waals surface area (Å²) >= 11 is 0. The molecule has 4 fully saturated rings. The van der Waals surface area contributed by atoms with Crippen LogP contribution in [0, 0.1) is 28.0 Å². The molecule has 5 rings (SSSR count). The Morgan fingerprint density at radius 3 is 2.31 bits per heavy atom. The molecule has 0 aromatic heterocycles. The first kappa shape index (κ1) is 25.1. The van der Waals surface area contributed by atoms with Crippen LogP contribution in [0.15, 0.2) is 24.3 Å². The van der Waals surface area contributed by atoms with E-state index in [1.54, 1.807) is 4.90 Å². The SMILES string of the molecule is N#CC1(CC(=O)[C@H](CCC(F)(F)c2ccc(F)cc2)NC(=O)N2CC3(CCN(C4CC4)CC3)C2)CC1. The molecule has 2 aliphatic heterocycles. The molecule has 1 N–H and O–H groups in total. The molecule has 0 unspecified atom stereocenters. The lowest BCUT2D eigenvalue weighted by Gasteiger charge is -2.54. The number of urea groups is 1. The average molecular weight is 503 g/mol. The average Bonchev–Trinajstić information content (AvgIpc) is 3.76. The third kappa shape index (κ3) is 5.39. The maximum absolute atomic E-state index is 14.8. The number of benzene rings is 1. The van der Waals surface area contributed by atoms with Gasteiger partial charge in [-0.1, -0.05) is 12.1 Å². The maximum atomic E-state index is 14.8. The maximum Gasteiger partial charge on any atom is 0.318 e. The highest BCUT2D eigenvalue weighted by atomic mass is 19.3. The highest BCUT2D eigenvalue weighted by Gasteiger charge is 2.49. The Bertz CT molecular complexity index is 1030. The van der Waals surface area contributed by atoms with Gasteiger partial charge >= 0.3 is 6.03 Å². The van der Waals surface area contributed by atoms with Crippen LogP contribution in [0.4, 0.5) is 18.0 Å². The van der Waals surface area contributed by atoms with Crippen molar-refractivity contribution < 1.29 is 22.8 Å². The molecule has 2 saturated carbocycles. The molecular formula is C27H33F3N4O2. The molecule has 0 bridgehead atoms. The largest absolute Gasteiger partial charge is 0.328 e. The Labute approximate surface area is 209 Å². The number of rotatable bonds is 9. The predicted octanol–water partition coefficient (Wildman–Crippen LogP) is 4.60. The van der Waals surface area contributed by atoms with Crippen LogP contribution in [0.2, 0.25) is 0 Å². The number of likely N-dealkylation sites (tertiary alicyclic amines) is 2. The first-order valence-corrected chi connectivity index (χ1v) is 13.0. The molecule has 6 nitrogen and oxygen atoms in total. The second kappa shape index (κ2) is 9.37. The lowest BCUT2D eigenvalue weighted by molar-refractivity contribution is -0.122. The summed E-state index contributed by atoms with van der Waals surface area (Å²) in [6, 6.07) is 5.43. The van der Waals surface area contributed by atoms with Gasteiger partial charge in [-0.2, -0.15) is 5.26 Å². The van der Waals surface area contributed by atoms with Crippen molar-refractivity contribution in [1.82, 2.24) is 15.1 Å². The molecule has 2 heterocycles. The number of nitrogens with one attached hydrogen (secondary N) is 1. The number of amides is 2. The zero-order valence-electron chi connectivity index (χ0n) is 20.4. The third-order valence-electron chi connectivity index (χ3n) is 8.56.